The lowest BCUT2D eigenvalue weighted by atomic mass is 9.92. The number of hydrazone groups is 1. The van der Waals surface area contributed by atoms with Crippen molar-refractivity contribution in [2.45, 2.75) is 32.2 Å². The molecule has 0 aromatic heterocycles. The zero-order chi connectivity index (χ0) is 11.6. The van der Waals surface area contributed by atoms with Crippen LogP contribution in [-0.2, 0) is 0 Å². The predicted octanol–water partition coefficient (Wildman–Crippen LogP) is 2.94. The highest BCUT2D eigenvalue weighted by atomic mass is 15.5. The smallest absolute Gasteiger partial charge is 0.0788 e. The number of nitriles is 1. The summed E-state index contributed by atoms with van der Waals surface area (Å²) in [5, 5.41) is 15.4. The molecule has 0 radical (unpaired) electrons. The van der Waals surface area contributed by atoms with Crippen molar-refractivity contribution < 1.29 is 0 Å². The van der Waals surface area contributed by atoms with Gasteiger partial charge in [0, 0.05) is 12.1 Å². The summed E-state index contributed by atoms with van der Waals surface area (Å²) in [6.45, 7) is 4.10. The van der Waals surface area contributed by atoms with Crippen molar-refractivity contribution in [1.82, 2.24) is 0 Å². The van der Waals surface area contributed by atoms with Gasteiger partial charge >= 0.3 is 0 Å². The molecule has 2 rings (SSSR count). The van der Waals surface area contributed by atoms with E-state index >= 15 is 0 Å². The maximum atomic E-state index is 8.92. The van der Waals surface area contributed by atoms with Crippen LogP contribution in [0.15, 0.2) is 35.4 Å². The fourth-order valence-electron chi connectivity index (χ4n) is 2.20. The van der Waals surface area contributed by atoms with Crippen molar-refractivity contribution in [2.75, 3.05) is 5.01 Å². The summed E-state index contributed by atoms with van der Waals surface area (Å²) >= 11 is 0. The minimum Gasteiger partial charge on any atom is -0.258 e. The Labute approximate surface area is 96.0 Å². The van der Waals surface area contributed by atoms with Crippen LogP contribution < -0.4 is 5.01 Å². The van der Waals surface area contributed by atoms with Crippen molar-refractivity contribution in [3.05, 3.63) is 30.3 Å². The van der Waals surface area contributed by atoms with Crippen LogP contribution >= 0.6 is 0 Å². The Bertz CT molecular complexity index is 444. The molecule has 1 aliphatic heterocycles. The number of hydrogen-bond acceptors (Lipinski definition) is 3. The average molecular weight is 213 g/mol. The fourth-order valence-corrected chi connectivity index (χ4v) is 2.20. The maximum Gasteiger partial charge on any atom is 0.0788 e. The Morgan fingerprint density at radius 1 is 1.44 bits per heavy atom. The van der Waals surface area contributed by atoms with Gasteiger partial charge in [0.2, 0.25) is 0 Å². The molecule has 0 fully saturated rings. The van der Waals surface area contributed by atoms with E-state index in [1.807, 2.05) is 42.3 Å². The van der Waals surface area contributed by atoms with E-state index in [4.69, 9.17) is 5.26 Å². The van der Waals surface area contributed by atoms with Gasteiger partial charge in [-0.05, 0) is 26.0 Å². The summed E-state index contributed by atoms with van der Waals surface area (Å²) in [7, 11) is 0. The van der Waals surface area contributed by atoms with Gasteiger partial charge in [0.25, 0.3) is 0 Å². The van der Waals surface area contributed by atoms with Crippen molar-refractivity contribution in [2.24, 2.45) is 5.10 Å². The Balaban J connectivity index is 2.35. The molecule has 1 aromatic rings. The largest absolute Gasteiger partial charge is 0.258 e. The van der Waals surface area contributed by atoms with E-state index in [0.717, 1.165) is 17.8 Å². The van der Waals surface area contributed by atoms with Crippen LogP contribution in [0.5, 0.6) is 0 Å². The molecule has 3 nitrogen and oxygen atoms in total. The molecule has 1 unspecified atom stereocenters. The van der Waals surface area contributed by atoms with Gasteiger partial charge in [-0.2, -0.15) is 10.4 Å². The molecule has 82 valence electrons. The average Bonchev–Trinajstić information content (AvgIpc) is 2.56. The summed E-state index contributed by atoms with van der Waals surface area (Å²) in [6.07, 6.45) is 1.35. The lowest BCUT2D eigenvalue weighted by Crippen LogP contribution is -2.39. The van der Waals surface area contributed by atoms with E-state index in [-0.39, 0.29) is 5.54 Å². The number of rotatable bonds is 2. The molecule has 0 saturated heterocycles. The second-order valence-corrected chi connectivity index (χ2v) is 4.49. The minimum atomic E-state index is -0.194. The summed E-state index contributed by atoms with van der Waals surface area (Å²) in [6, 6.07) is 12.3. The molecule has 1 aliphatic rings. The Morgan fingerprint density at radius 3 is 2.75 bits per heavy atom. The molecule has 0 aliphatic carbocycles. The first kappa shape index (κ1) is 10.7. The Kier molecular flexibility index (Phi) is 2.66. The van der Waals surface area contributed by atoms with Crippen molar-refractivity contribution in [3.63, 3.8) is 0 Å². The van der Waals surface area contributed by atoms with Crippen LogP contribution in [-0.4, -0.2) is 11.3 Å². The molecular weight excluding hydrogens is 198 g/mol. The third-order valence-corrected chi connectivity index (χ3v) is 2.88. The van der Waals surface area contributed by atoms with E-state index in [0.29, 0.717) is 6.42 Å². The maximum absolute atomic E-state index is 8.92. The lowest BCUT2D eigenvalue weighted by Gasteiger charge is -2.32. The second kappa shape index (κ2) is 3.97. The van der Waals surface area contributed by atoms with Crippen LogP contribution in [0.25, 0.3) is 0 Å². The third kappa shape index (κ3) is 1.79. The van der Waals surface area contributed by atoms with Crippen molar-refractivity contribution >= 4 is 11.4 Å². The zero-order valence-electron chi connectivity index (χ0n) is 9.64. The highest BCUT2D eigenvalue weighted by Crippen LogP contribution is 2.34. The highest BCUT2D eigenvalue weighted by molar-refractivity contribution is 5.87. The van der Waals surface area contributed by atoms with Gasteiger partial charge in [0.05, 0.1) is 23.7 Å². The highest BCUT2D eigenvalue weighted by Gasteiger charge is 2.37. The molecule has 1 heterocycles. The molecule has 1 atom stereocenters. The molecule has 0 saturated carbocycles. The second-order valence-electron chi connectivity index (χ2n) is 4.49. The molecule has 0 N–H and O–H groups in total. The number of para-hydroxylation sites is 1. The van der Waals surface area contributed by atoms with Crippen molar-refractivity contribution in [3.8, 4) is 6.07 Å². The summed E-state index contributed by atoms with van der Waals surface area (Å²) in [4.78, 5) is 0. The Morgan fingerprint density at radius 2 is 2.12 bits per heavy atom. The molecule has 3 heteroatoms. The summed E-state index contributed by atoms with van der Waals surface area (Å²) < 4.78 is 0. The standard InChI is InChI=1S/C13H15N3/c1-11-10-13(2,8-9-14)16(15-11)12-6-4-3-5-7-12/h3-7H,8,10H2,1-2H3. The SMILES string of the molecule is CC1=NN(c2ccccc2)C(C)(CC#N)C1. The Hall–Kier alpha value is -1.82. The predicted molar refractivity (Wildman–Crippen MR) is 65.3 cm³/mol. The first-order valence-corrected chi connectivity index (χ1v) is 5.42. The summed E-state index contributed by atoms with van der Waals surface area (Å²) in [5.41, 5.74) is 1.94. The topological polar surface area (TPSA) is 39.4 Å². The van der Waals surface area contributed by atoms with Gasteiger partial charge in [-0.25, -0.2) is 0 Å². The van der Waals surface area contributed by atoms with E-state index in [2.05, 4.69) is 18.1 Å². The number of anilines is 1. The van der Waals surface area contributed by atoms with E-state index in [1.165, 1.54) is 0 Å². The molecule has 0 bridgehead atoms. The number of benzene rings is 1. The van der Waals surface area contributed by atoms with Crippen LogP contribution in [0.2, 0.25) is 0 Å². The normalized spacial score (nSPS) is 24.1. The van der Waals surface area contributed by atoms with E-state index < -0.39 is 0 Å². The number of hydrogen-bond donors (Lipinski definition) is 0. The first-order chi connectivity index (χ1) is 7.65. The van der Waals surface area contributed by atoms with Crippen LogP contribution in [0.3, 0.4) is 0 Å². The monoisotopic (exact) mass is 213 g/mol. The zero-order valence-corrected chi connectivity index (χ0v) is 9.64. The molecule has 1 aromatic carbocycles. The first-order valence-electron chi connectivity index (χ1n) is 5.42. The molecule has 16 heavy (non-hydrogen) atoms. The van der Waals surface area contributed by atoms with Gasteiger partial charge in [0.1, 0.15) is 0 Å². The van der Waals surface area contributed by atoms with Crippen LogP contribution in [0.1, 0.15) is 26.7 Å². The van der Waals surface area contributed by atoms with Crippen molar-refractivity contribution in [1.29, 1.82) is 5.26 Å². The third-order valence-electron chi connectivity index (χ3n) is 2.88. The van der Waals surface area contributed by atoms with Gasteiger partial charge in [-0.1, -0.05) is 18.2 Å². The van der Waals surface area contributed by atoms with E-state index in [9.17, 15) is 0 Å². The van der Waals surface area contributed by atoms with Gasteiger partial charge in [0.15, 0.2) is 0 Å². The number of nitrogens with zero attached hydrogens (tertiary/aromatic N) is 3. The molecule has 0 amide bonds. The summed E-state index contributed by atoms with van der Waals surface area (Å²) in [5.74, 6) is 0. The van der Waals surface area contributed by atoms with Gasteiger partial charge < -0.3 is 0 Å². The molecule has 0 spiro atoms. The van der Waals surface area contributed by atoms with Crippen LogP contribution in [0.4, 0.5) is 5.69 Å². The van der Waals surface area contributed by atoms with Gasteiger partial charge in [-0.15, -0.1) is 0 Å². The van der Waals surface area contributed by atoms with E-state index in [1.54, 1.807) is 0 Å². The van der Waals surface area contributed by atoms with Crippen LogP contribution in [0, 0.1) is 11.3 Å². The fraction of sp³-hybridized carbons (Fsp3) is 0.385. The lowest BCUT2D eigenvalue weighted by molar-refractivity contribution is 0.477. The quantitative estimate of drug-likeness (QED) is 0.757. The molecular formula is C13H15N3. The van der Waals surface area contributed by atoms with Gasteiger partial charge in [-0.3, -0.25) is 5.01 Å². The minimum absolute atomic E-state index is 0.194.